The molecule has 84 valence electrons. The Hall–Kier alpha value is -2.00. The van der Waals surface area contributed by atoms with Gasteiger partial charge in [0.25, 0.3) is 0 Å². The molecule has 0 atom stereocenters. The topological polar surface area (TPSA) is 37.5 Å². The number of hydrogen-bond acceptors (Lipinski definition) is 2. The zero-order valence-electron chi connectivity index (χ0n) is 8.84. The monoisotopic (exact) mass is 244 g/mol. The number of phenolic OH excluding ortho intramolecular Hbond substituents is 1. The van der Waals surface area contributed by atoms with Gasteiger partial charge in [-0.25, -0.2) is 4.98 Å². The van der Waals surface area contributed by atoms with E-state index in [-0.39, 0.29) is 5.75 Å². The molecule has 0 amide bonds. The van der Waals surface area contributed by atoms with E-state index in [0.29, 0.717) is 16.4 Å². The summed E-state index contributed by atoms with van der Waals surface area (Å²) < 4.78 is 1.78. The highest BCUT2D eigenvalue weighted by Gasteiger charge is 2.08. The number of halogens is 1. The standard InChI is InChI=1S/C13H9ClN2O/c14-12-6-3-7-13-15-10(8-16(12)13)9-4-1-2-5-11(9)17/h1-8,17H. The molecule has 3 rings (SSSR count). The average Bonchev–Trinajstić information content (AvgIpc) is 2.75. The molecule has 17 heavy (non-hydrogen) atoms. The highest BCUT2D eigenvalue weighted by atomic mass is 35.5. The van der Waals surface area contributed by atoms with Crippen LogP contribution in [-0.4, -0.2) is 14.5 Å². The van der Waals surface area contributed by atoms with Crippen LogP contribution in [-0.2, 0) is 0 Å². The molecule has 0 radical (unpaired) electrons. The van der Waals surface area contributed by atoms with Crippen LogP contribution in [0.4, 0.5) is 0 Å². The van der Waals surface area contributed by atoms with Crippen LogP contribution < -0.4 is 0 Å². The van der Waals surface area contributed by atoms with E-state index >= 15 is 0 Å². The van der Waals surface area contributed by atoms with E-state index in [1.807, 2.05) is 30.5 Å². The van der Waals surface area contributed by atoms with Crippen molar-refractivity contribution in [1.82, 2.24) is 9.38 Å². The molecular weight excluding hydrogens is 236 g/mol. The smallest absolute Gasteiger partial charge is 0.138 e. The second kappa shape index (κ2) is 3.79. The number of pyridine rings is 1. The number of hydrogen-bond donors (Lipinski definition) is 1. The van der Waals surface area contributed by atoms with Crippen molar-refractivity contribution in [3.63, 3.8) is 0 Å². The minimum absolute atomic E-state index is 0.215. The van der Waals surface area contributed by atoms with Crippen molar-refractivity contribution < 1.29 is 5.11 Å². The van der Waals surface area contributed by atoms with Crippen molar-refractivity contribution >= 4 is 17.2 Å². The molecule has 0 aliphatic rings. The fraction of sp³-hybridized carbons (Fsp3) is 0. The largest absolute Gasteiger partial charge is 0.507 e. The zero-order valence-corrected chi connectivity index (χ0v) is 9.59. The summed E-state index contributed by atoms with van der Waals surface area (Å²) in [6.07, 6.45) is 1.81. The summed E-state index contributed by atoms with van der Waals surface area (Å²) in [7, 11) is 0. The molecule has 2 aromatic heterocycles. The zero-order chi connectivity index (χ0) is 11.8. The molecule has 0 spiro atoms. The van der Waals surface area contributed by atoms with Crippen molar-refractivity contribution in [2.45, 2.75) is 0 Å². The van der Waals surface area contributed by atoms with Gasteiger partial charge in [0, 0.05) is 11.8 Å². The number of imidazole rings is 1. The fourth-order valence-electron chi connectivity index (χ4n) is 1.80. The van der Waals surface area contributed by atoms with E-state index in [1.165, 1.54) is 0 Å². The van der Waals surface area contributed by atoms with Crippen LogP contribution in [0.15, 0.2) is 48.7 Å². The maximum atomic E-state index is 9.78. The molecule has 0 bridgehead atoms. The normalized spacial score (nSPS) is 10.9. The van der Waals surface area contributed by atoms with Crippen LogP contribution in [0.5, 0.6) is 5.75 Å². The molecule has 0 aliphatic heterocycles. The van der Waals surface area contributed by atoms with E-state index in [0.717, 1.165) is 5.65 Å². The summed E-state index contributed by atoms with van der Waals surface area (Å²) in [5.74, 6) is 0.215. The first-order valence-electron chi connectivity index (χ1n) is 5.18. The summed E-state index contributed by atoms with van der Waals surface area (Å²) in [6, 6.07) is 12.6. The highest BCUT2D eigenvalue weighted by Crippen LogP contribution is 2.28. The number of benzene rings is 1. The number of para-hydroxylation sites is 1. The summed E-state index contributed by atoms with van der Waals surface area (Å²) in [6.45, 7) is 0. The molecule has 1 N–H and O–H groups in total. The van der Waals surface area contributed by atoms with Crippen molar-refractivity contribution in [1.29, 1.82) is 0 Å². The second-order valence-corrected chi connectivity index (χ2v) is 4.11. The van der Waals surface area contributed by atoms with Crippen molar-refractivity contribution in [2.75, 3.05) is 0 Å². The Bertz CT molecular complexity index is 691. The van der Waals surface area contributed by atoms with E-state index in [1.54, 1.807) is 22.6 Å². The maximum Gasteiger partial charge on any atom is 0.138 e. The molecule has 3 aromatic rings. The van der Waals surface area contributed by atoms with Gasteiger partial charge in [-0.3, -0.25) is 4.40 Å². The van der Waals surface area contributed by atoms with Crippen LogP contribution >= 0.6 is 11.6 Å². The molecule has 3 nitrogen and oxygen atoms in total. The number of phenols is 1. The van der Waals surface area contributed by atoms with Crippen LogP contribution in [0.2, 0.25) is 5.15 Å². The van der Waals surface area contributed by atoms with Gasteiger partial charge in [-0.05, 0) is 24.3 Å². The predicted octanol–water partition coefficient (Wildman–Crippen LogP) is 3.36. The van der Waals surface area contributed by atoms with E-state index in [4.69, 9.17) is 11.6 Å². The minimum Gasteiger partial charge on any atom is -0.507 e. The number of fused-ring (bicyclic) bond motifs is 1. The van der Waals surface area contributed by atoms with Crippen molar-refractivity contribution in [2.24, 2.45) is 0 Å². The molecule has 0 aliphatic carbocycles. The van der Waals surface area contributed by atoms with Gasteiger partial charge in [-0.2, -0.15) is 0 Å². The van der Waals surface area contributed by atoms with Gasteiger partial charge in [0.1, 0.15) is 16.5 Å². The maximum absolute atomic E-state index is 9.78. The molecule has 2 heterocycles. The minimum atomic E-state index is 0.215. The first-order valence-corrected chi connectivity index (χ1v) is 5.55. The van der Waals surface area contributed by atoms with Crippen LogP contribution in [0, 0.1) is 0 Å². The van der Waals surface area contributed by atoms with Gasteiger partial charge in [0.05, 0.1) is 5.69 Å². The van der Waals surface area contributed by atoms with Crippen LogP contribution in [0.3, 0.4) is 0 Å². The number of aromatic hydroxyl groups is 1. The van der Waals surface area contributed by atoms with E-state index in [9.17, 15) is 5.11 Å². The Balaban J connectivity index is 2.26. The Morgan fingerprint density at radius 3 is 2.65 bits per heavy atom. The third kappa shape index (κ3) is 1.65. The van der Waals surface area contributed by atoms with E-state index in [2.05, 4.69) is 4.98 Å². The lowest BCUT2D eigenvalue weighted by Gasteiger charge is -1.98. The van der Waals surface area contributed by atoms with Gasteiger partial charge in [-0.1, -0.05) is 29.8 Å². The molecule has 0 unspecified atom stereocenters. The lowest BCUT2D eigenvalue weighted by molar-refractivity contribution is 0.477. The summed E-state index contributed by atoms with van der Waals surface area (Å²) in [5.41, 5.74) is 2.17. The number of rotatable bonds is 1. The Labute approximate surface area is 103 Å². The first-order chi connectivity index (χ1) is 8.25. The fourth-order valence-corrected chi connectivity index (χ4v) is 2.01. The van der Waals surface area contributed by atoms with Gasteiger partial charge in [0.15, 0.2) is 0 Å². The van der Waals surface area contributed by atoms with Crippen molar-refractivity contribution in [3.05, 3.63) is 53.8 Å². The Morgan fingerprint density at radius 1 is 1.06 bits per heavy atom. The average molecular weight is 245 g/mol. The first kappa shape index (κ1) is 10.2. The van der Waals surface area contributed by atoms with Gasteiger partial charge < -0.3 is 5.11 Å². The summed E-state index contributed by atoms with van der Waals surface area (Å²) >= 11 is 6.06. The van der Waals surface area contributed by atoms with Crippen molar-refractivity contribution in [3.8, 4) is 17.0 Å². The number of nitrogens with zero attached hydrogens (tertiary/aromatic N) is 2. The van der Waals surface area contributed by atoms with Gasteiger partial charge in [0.2, 0.25) is 0 Å². The molecule has 0 saturated carbocycles. The lowest BCUT2D eigenvalue weighted by atomic mass is 10.1. The molecule has 0 fully saturated rings. The molecule has 4 heteroatoms. The molecular formula is C13H9ClN2O. The third-order valence-electron chi connectivity index (χ3n) is 2.62. The van der Waals surface area contributed by atoms with E-state index < -0.39 is 0 Å². The summed E-state index contributed by atoms with van der Waals surface area (Å²) in [5, 5.41) is 10.4. The SMILES string of the molecule is Oc1ccccc1-c1cn2c(Cl)cccc2n1. The predicted molar refractivity (Wildman–Crippen MR) is 67.3 cm³/mol. The van der Waals surface area contributed by atoms with Crippen LogP contribution in [0.1, 0.15) is 0 Å². The van der Waals surface area contributed by atoms with Gasteiger partial charge in [-0.15, -0.1) is 0 Å². The Morgan fingerprint density at radius 2 is 1.88 bits per heavy atom. The quantitative estimate of drug-likeness (QED) is 0.667. The molecule has 0 saturated heterocycles. The summed E-state index contributed by atoms with van der Waals surface area (Å²) in [4.78, 5) is 4.42. The molecule has 1 aromatic carbocycles. The lowest BCUT2D eigenvalue weighted by Crippen LogP contribution is -1.82. The van der Waals surface area contributed by atoms with Gasteiger partial charge >= 0.3 is 0 Å². The third-order valence-corrected chi connectivity index (χ3v) is 2.93. The van der Waals surface area contributed by atoms with Crippen LogP contribution in [0.25, 0.3) is 16.9 Å². The Kier molecular flexibility index (Phi) is 2.27. The highest BCUT2D eigenvalue weighted by molar-refractivity contribution is 6.29. The number of aromatic nitrogens is 2. The second-order valence-electron chi connectivity index (χ2n) is 3.72.